The number of rotatable bonds is 6. The second-order valence-electron chi connectivity index (χ2n) is 6.14. The predicted octanol–water partition coefficient (Wildman–Crippen LogP) is 4.86. The van der Waals surface area contributed by atoms with Crippen LogP contribution in [-0.2, 0) is 6.42 Å². The lowest BCUT2D eigenvalue weighted by atomic mass is 10.3. The molecular weight excluding hydrogens is 383 g/mol. The van der Waals surface area contributed by atoms with Gasteiger partial charge in [-0.3, -0.25) is 9.55 Å². The molecule has 29 heavy (non-hydrogen) atoms. The quantitative estimate of drug-likeness (QED) is 0.502. The van der Waals surface area contributed by atoms with Gasteiger partial charge in [-0.15, -0.1) is 0 Å². The third-order valence-corrected chi connectivity index (χ3v) is 4.21. The summed E-state index contributed by atoms with van der Waals surface area (Å²) in [6.45, 7) is -0.925. The van der Waals surface area contributed by atoms with Crippen LogP contribution in [0, 0.1) is 5.82 Å². The van der Waals surface area contributed by atoms with Crippen LogP contribution in [0.15, 0.2) is 54.9 Å². The Kier molecular flexibility index (Phi) is 5.03. The van der Waals surface area contributed by atoms with Crippen molar-refractivity contribution < 1.29 is 17.9 Å². The number of hydrogen-bond acceptors (Lipinski definition) is 5. The molecule has 0 saturated carbocycles. The number of nitrogens with zero attached hydrogens (tertiary/aromatic N) is 4. The zero-order valence-electron chi connectivity index (χ0n) is 15.3. The number of halogens is 3. The summed E-state index contributed by atoms with van der Waals surface area (Å²) in [6.07, 6.45) is 3.72. The summed E-state index contributed by atoms with van der Waals surface area (Å²) in [5, 5.41) is 3.06. The topological polar surface area (TPSA) is 64.9 Å². The molecule has 0 radical (unpaired) electrons. The summed E-state index contributed by atoms with van der Waals surface area (Å²) in [6, 6.07) is 10.4. The fourth-order valence-corrected chi connectivity index (χ4v) is 2.98. The highest BCUT2D eigenvalue weighted by Crippen LogP contribution is 2.24. The second kappa shape index (κ2) is 7.78. The molecule has 2 aromatic heterocycles. The van der Waals surface area contributed by atoms with E-state index in [1.807, 2.05) is 6.92 Å². The third-order valence-electron chi connectivity index (χ3n) is 4.21. The van der Waals surface area contributed by atoms with Gasteiger partial charge in [-0.2, -0.15) is 8.78 Å². The molecule has 0 saturated heterocycles. The van der Waals surface area contributed by atoms with Crippen LogP contribution in [0.5, 0.6) is 5.75 Å². The van der Waals surface area contributed by atoms with Crippen LogP contribution >= 0.6 is 0 Å². The lowest BCUT2D eigenvalue weighted by molar-refractivity contribution is -0.0498. The fourth-order valence-electron chi connectivity index (χ4n) is 2.98. The average Bonchev–Trinajstić information content (AvgIpc) is 3.07. The monoisotopic (exact) mass is 399 g/mol. The van der Waals surface area contributed by atoms with Crippen molar-refractivity contribution in [2.45, 2.75) is 20.0 Å². The number of nitrogens with one attached hydrogen (secondary N) is 1. The van der Waals surface area contributed by atoms with Crippen molar-refractivity contribution in [3.63, 3.8) is 0 Å². The van der Waals surface area contributed by atoms with E-state index in [0.717, 1.165) is 5.82 Å². The van der Waals surface area contributed by atoms with Gasteiger partial charge in [0.15, 0.2) is 11.6 Å². The Morgan fingerprint density at radius 3 is 2.59 bits per heavy atom. The van der Waals surface area contributed by atoms with Crippen LogP contribution in [0.1, 0.15) is 12.7 Å². The Morgan fingerprint density at radius 2 is 1.86 bits per heavy atom. The molecule has 0 atom stereocenters. The van der Waals surface area contributed by atoms with E-state index in [1.165, 1.54) is 30.5 Å². The van der Waals surface area contributed by atoms with Gasteiger partial charge in [-0.25, -0.2) is 14.4 Å². The van der Waals surface area contributed by atoms with Gasteiger partial charge in [0.25, 0.3) is 0 Å². The Bertz CT molecular complexity index is 1140. The number of hydrogen-bond donors (Lipinski definition) is 1. The summed E-state index contributed by atoms with van der Waals surface area (Å²) in [5.74, 6) is 1.34. The van der Waals surface area contributed by atoms with Gasteiger partial charge in [-0.05, 0) is 36.4 Å². The highest BCUT2D eigenvalue weighted by atomic mass is 19.3. The molecule has 148 valence electrons. The van der Waals surface area contributed by atoms with E-state index in [4.69, 9.17) is 0 Å². The first-order valence-electron chi connectivity index (χ1n) is 8.84. The minimum atomic E-state index is -2.88. The summed E-state index contributed by atoms with van der Waals surface area (Å²) in [4.78, 5) is 13.3. The van der Waals surface area contributed by atoms with Crippen molar-refractivity contribution in [3.05, 3.63) is 66.5 Å². The van der Waals surface area contributed by atoms with Crippen LogP contribution in [-0.4, -0.2) is 26.1 Å². The van der Waals surface area contributed by atoms with E-state index in [0.29, 0.717) is 34.8 Å². The smallest absolute Gasteiger partial charge is 0.387 e. The number of imidazole rings is 1. The van der Waals surface area contributed by atoms with Crippen molar-refractivity contribution in [2.24, 2.45) is 0 Å². The number of ether oxygens (including phenoxy) is 1. The number of fused-ring (bicyclic) bond motifs is 1. The van der Waals surface area contributed by atoms with Crippen molar-refractivity contribution in [3.8, 4) is 11.6 Å². The largest absolute Gasteiger partial charge is 0.435 e. The van der Waals surface area contributed by atoms with E-state index in [1.54, 1.807) is 29.0 Å². The molecule has 0 amide bonds. The van der Waals surface area contributed by atoms with Gasteiger partial charge in [0.1, 0.15) is 17.4 Å². The minimum Gasteiger partial charge on any atom is -0.435 e. The Balaban J connectivity index is 1.66. The fraction of sp³-hybridized carbons (Fsp3) is 0.150. The third kappa shape index (κ3) is 3.98. The van der Waals surface area contributed by atoms with Crippen LogP contribution < -0.4 is 10.1 Å². The summed E-state index contributed by atoms with van der Waals surface area (Å²) >= 11 is 0. The van der Waals surface area contributed by atoms with Gasteiger partial charge in [-0.1, -0.05) is 6.92 Å². The van der Waals surface area contributed by atoms with Crippen molar-refractivity contribution in [1.29, 1.82) is 0 Å². The van der Waals surface area contributed by atoms with Crippen LogP contribution in [0.2, 0.25) is 0 Å². The molecule has 9 heteroatoms. The van der Waals surface area contributed by atoms with E-state index in [-0.39, 0.29) is 11.6 Å². The SMILES string of the molecule is CCc1nc2ccc(F)cc2n1-c1cncc(Nc2ccc(OC(F)F)cc2)n1. The Hall–Kier alpha value is -3.62. The lowest BCUT2D eigenvalue weighted by Gasteiger charge is -2.11. The van der Waals surface area contributed by atoms with Crippen LogP contribution in [0.3, 0.4) is 0 Å². The first kappa shape index (κ1) is 18.7. The minimum absolute atomic E-state index is 0.0601. The summed E-state index contributed by atoms with van der Waals surface area (Å²) in [5.41, 5.74) is 1.88. The van der Waals surface area contributed by atoms with Crippen molar-refractivity contribution >= 4 is 22.5 Å². The maximum Gasteiger partial charge on any atom is 0.387 e. The molecule has 1 N–H and O–H groups in total. The Labute approximate surface area is 164 Å². The van der Waals surface area contributed by atoms with Gasteiger partial charge >= 0.3 is 6.61 Å². The molecule has 6 nitrogen and oxygen atoms in total. The summed E-state index contributed by atoms with van der Waals surface area (Å²) in [7, 11) is 0. The van der Waals surface area contributed by atoms with Gasteiger partial charge < -0.3 is 10.1 Å². The zero-order valence-corrected chi connectivity index (χ0v) is 15.3. The molecule has 0 unspecified atom stereocenters. The molecule has 2 aromatic carbocycles. The van der Waals surface area contributed by atoms with E-state index in [9.17, 15) is 13.2 Å². The van der Waals surface area contributed by atoms with Crippen LogP contribution in [0.4, 0.5) is 24.7 Å². The van der Waals surface area contributed by atoms with Gasteiger partial charge in [0, 0.05) is 18.2 Å². The van der Waals surface area contributed by atoms with Gasteiger partial charge in [0.05, 0.1) is 23.4 Å². The summed E-state index contributed by atoms with van der Waals surface area (Å²) < 4.78 is 44.4. The number of alkyl halides is 2. The van der Waals surface area contributed by atoms with E-state index >= 15 is 0 Å². The number of aryl methyl sites for hydroxylation is 1. The molecule has 0 aliphatic carbocycles. The molecule has 0 aliphatic rings. The van der Waals surface area contributed by atoms with Crippen LogP contribution in [0.25, 0.3) is 16.9 Å². The highest BCUT2D eigenvalue weighted by Gasteiger charge is 2.14. The Morgan fingerprint density at radius 1 is 1.07 bits per heavy atom. The maximum absolute atomic E-state index is 13.8. The first-order valence-corrected chi connectivity index (χ1v) is 8.84. The average molecular weight is 399 g/mol. The molecule has 4 rings (SSSR count). The zero-order chi connectivity index (χ0) is 20.4. The van der Waals surface area contributed by atoms with Gasteiger partial charge in [0.2, 0.25) is 0 Å². The molecule has 2 heterocycles. The van der Waals surface area contributed by atoms with Crippen molar-refractivity contribution in [2.75, 3.05) is 5.32 Å². The molecule has 4 aromatic rings. The molecule has 0 spiro atoms. The molecule has 0 aliphatic heterocycles. The molecule has 0 bridgehead atoms. The van der Waals surface area contributed by atoms with E-state index < -0.39 is 6.61 Å². The lowest BCUT2D eigenvalue weighted by Crippen LogP contribution is -2.05. The molecule has 0 fully saturated rings. The standard InChI is InChI=1S/C20H16F3N5O/c1-2-18-26-15-8-3-12(21)9-16(15)28(18)19-11-24-10-17(27-19)25-13-4-6-14(7-5-13)29-20(22)23/h3-11,20H,2H2,1H3,(H,25,27). The van der Waals surface area contributed by atoms with E-state index in [2.05, 4.69) is 25.0 Å². The second-order valence-corrected chi connectivity index (χ2v) is 6.14. The van der Waals surface area contributed by atoms with Crippen molar-refractivity contribution in [1.82, 2.24) is 19.5 Å². The first-order chi connectivity index (χ1) is 14.0. The maximum atomic E-state index is 13.8. The number of aromatic nitrogens is 4. The number of anilines is 2. The predicted molar refractivity (Wildman–Crippen MR) is 102 cm³/mol. The highest BCUT2D eigenvalue weighted by molar-refractivity contribution is 5.78. The normalized spacial score (nSPS) is 11.2. The number of benzene rings is 2. The molecular formula is C20H16F3N5O.